The minimum absolute atomic E-state index is 0.0791. The number of carbonyl (C=O) groups is 1. The number of aromatic nitrogens is 4. The first-order valence-electron chi connectivity index (χ1n) is 9.09. The second kappa shape index (κ2) is 7.87. The number of amides is 1. The van der Waals surface area contributed by atoms with Crippen LogP contribution in [-0.2, 0) is 6.42 Å². The molecule has 1 aliphatic heterocycles. The van der Waals surface area contributed by atoms with Crippen molar-refractivity contribution < 1.29 is 9.53 Å². The Balaban J connectivity index is 1.40. The van der Waals surface area contributed by atoms with Crippen LogP contribution in [0.25, 0.3) is 10.6 Å². The number of nitrogens with one attached hydrogen (secondary N) is 1. The summed E-state index contributed by atoms with van der Waals surface area (Å²) in [5.74, 6) is -0.0791. The normalized spacial score (nSPS) is 17.1. The highest BCUT2D eigenvalue weighted by atomic mass is 32.1. The lowest BCUT2D eigenvalue weighted by atomic mass is 10.1. The number of nitrogens with zero attached hydrogens (tertiary/aromatic N) is 4. The lowest BCUT2D eigenvalue weighted by molar-refractivity contribution is 0.0510. The largest absolute Gasteiger partial charge is 0.458 e. The minimum atomic E-state index is -0.106. The zero-order valence-electron chi connectivity index (χ0n) is 15.1. The summed E-state index contributed by atoms with van der Waals surface area (Å²) in [7, 11) is 0. The molecule has 3 aromatic heterocycles. The van der Waals surface area contributed by atoms with E-state index in [1.54, 1.807) is 28.6 Å². The molecular weight excluding hydrogens is 362 g/mol. The number of H-pyrrole nitrogens is 1. The molecule has 7 nitrogen and oxygen atoms in total. The third-order valence-electron chi connectivity index (χ3n) is 4.61. The monoisotopic (exact) mass is 383 g/mol. The number of carbonyl (C=O) groups excluding carboxylic acids is 1. The quantitative estimate of drug-likeness (QED) is 0.732. The van der Waals surface area contributed by atoms with Gasteiger partial charge in [0.05, 0.1) is 17.1 Å². The van der Waals surface area contributed by atoms with E-state index < -0.39 is 0 Å². The molecule has 1 amide bonds. The zero-order valence-corrected chi connectivity index (χ0v) is 15.9. The van der Waals surface area contributed by atoms with Crippen LogP contribution < -0.4 is 4.74 Å². The number of hydrogen-bond acceptors (Lipinski definition) is 6. The first-order chi connectivity index (χ1) is 13.2. The molecule has 0 bridgehead atoms. The molecule has 1 aliphatic rings. The highest BCUT2D eigenvalue weighted by Gasteiger charge is 2.27. The fraction of sp³-hybridized carbons (Fsp3) is 0.368. The van der Waals surface area contributed by atoms with E-state index in [9.17, 15) is 4.79 Å². The van der Waals surface area contributed by atoms with E-state index in [2.05, 4.69) is 27.1 Å². The average Bonchev–Trinajstić information content (AvgIpc) is 3.40. The summed E-state index contributed by atoms with van der Waals surface area (Å²) < 4.78 is 5.89. The molecule has 1 unspecified atom stereocenters. The van der Waals surface area contributed by atoms with Gasteiger partial charge in [-0.3, -0.25) is 9.89 Å². The van der Waals surface area contributed by atoms with Gasteiger partial charge >= 0.3 is 6.01 Å². The average molecular weight is 383 g/mol. The lowest BCUT2D eigenvalue weighted by Crippen LogP contribution is -2.44. The second-order valence-electron chi connectivity index (χ2n) is 6.50. The first kappa shape index (κ1) is 17.7. The maximum Gasteiger partial charge on any atom is 0.316 e. The summed E-state index contributed by atoms with van der Waals surface area (Å²) >= 11 is 1.61. The molecule has 4 heterocycles. The van der Waals surface area contributed by atoms with Gasteiger partial charge in [0.15, 0.2) is 5.69 Å². The number of piperidine rings is 1. The van der Waals surface area contributed by atoms with Gasteiger partial charge in [0.1, 0.15) is 6.10 Å². The Hall–Kier alpha value is -2.74. The molecule has 0 spiro atoms. The van der Waals surface area contributed by atoms with E-state index in [-0.39, 0.29) is 12.0 Å². The van der Waals surface area contributed by atoms with Crippen molar-refractivity contribution in [2.24, 2.45) is 0 Å². The Morgan fingerprint density at radius 2 is 2.26 bits per heavy atom. The molecule has 4 rings (SSSR count). The maximum atomic E-state index is 12.8. The van der Waals surface area contributed by atoms with Crippen LogP contribution >= 0.6 is 11.3 Å². The van der Waals surface area contributed by atoms with Crippen LogP contribution in [0.5, 0.6) is 6.01 Å². The summed E-state index contributed by atoms with van der Waals surface area (Å²) in [6, 6.07) is 6.15. The summed E-state index contributed by atoms with van der Waals surface area (Å²) in [6.07, 6.45) is 6.11. The van der Waals surface area contributed by atoms with Crippen LogP contribution in [0.4, 0.5) is 0 Å². The van der Waals surface area contributed by atoms with Gasteiger partial charge < -0.3 is 9.64 Å². The van der Waals surface area contributed by atoms with E-state index in [1.807, 2.05) is 23.6 Å². The summed E-state index contributed by atoms with van der Waals surface area (Å²) in [6.45, 7) is 3.27. The van der Waals surface area contributed by atoms with E-state index in [1.165, 1.54) is 0 Å². The number of thiophene rings is 1. The van der Waals surface area contributed by atoms with Crippen molar-refractivity contribution in [1.29, 1.82) is 0 Å². The smallest absolute Gasteiger partial charge is 0.316 e. The molecule has 1 saturated heterocycles. The van der Waals surface area contributed by atoms with Crippen LogP contribution in [0.3, 0.4) is 0 Å². The lowest BCUT2D eigenvalue weighted by Gasteiger charge is -2.31. The number of ether oxygens (including phenoxy) is 1. The molecular formula is C19H21N5O2S. The van der Waals surface area contributed by atoms with Crippen LogP contribution in [0.1, 0.15) is 35.8 Å². The van der Waals surface area contributed by atoms with Crippen molar-refractivity contribution in [3.05, 3.63) is 47.2 Å². The van der Waals surface area contributed by atoms with Crippen molar-refractivity contribution in [1.82, 2.24) is 25.1 Å². The van der Waals surface area contributed by atoms with Gasteiger partial charge in [0.2, 0.25) is 0 Å². The molecule has 1 atom stereocenters. The van der Waals surface area contributed by atoms with Gasteiger partial charge in [-0.05, 0) is 42.3 Å². The third kappa shape index (κ3) is 4.00. The summed E-state index contributed by atoms with van der Waals surface area (Å²) in [5, 5.41) is 9.15. The Labute approximate surface area is 161 Å². The van der Waals surface area contributed by atoms with E-state index in [4.69, 9.17) is 4.74 Å². The standard InChI is InChI=1S/C19H21N5O2S/c1-2-13-10-20-19(21-11-13)26-14-5-3-7-24(12-14)18(25)16-9-15(22-23-16)17-6-4-8-27-17/h4,6,8-11,14H,2-3,5,7,12H2,1H3,(H,22,23). The van der Waals surface area contributed by atoms with Gasteiger partial charge in [0, 0.05) is 18.9 Å². The molecule has 3 aromatic rings. The maximum absolute atomic E-state index is 12.8. The molecule has 0 saturated carbocycles. The SMILES string of the molecule is CCc1cnc(OC2CCCN(C(=O)c3cc(-c4cccs4)[nH]n3)C2)nc1. The van der Waals surface area contributed by atoms with Gasteiger partial charge in [-0.1, -0.05) is 13.0 Å². The number of aryl methyl sites for hydroxylation is 1. The highest BCUT2D eigenvalue weighted by molar-refractivity contribution is 7.13. The Morgan fingerprint density at radius 3 is 3.00 bits per heavy atom. The second-order valence-corrected chi connectivity index (χ2v) is 7.45. The predicted molar refractivity (Wildman–Crippen MR) is 103 cm³/mol. The van der Waals surface area contributed by atoms with Crippen molar-refractivity contribution in [2.45, 2.75) is 32.3 Å². The van der Waals surface area contributed by atoms with Gasteiger partial charge in [-0.15, -0.1) is 11.3 Å². The Bertz CT molecular complexity index is 891. The van der Waals surface area contributed by atoms with Crippen molar-refractivity contribution in [3.63, 3.8) is 0 Å². The number of aromatic amines is 1. The minimum Gasteiger partial charge on any atom is -0.458 e. The number of hydrogen-bond donors (Lipinski definition) is 1. The Kier molecular flexibility index (Phi) is 5.15. The van der Waals surface area contributed by atoms with Crippen LogP contribution in [0, 0.1) is 0 Å². The van der Waals surface area contributed by atoms with E-state index in [0.717, 1.165) is 35.4 Å². The van der Waals surface area contributed by atoms with Crippen molar-refractivity contribution in [3.8, 4) is 16.6 Å². The van der Waals surface area contributed by atoms with Crippen molar-refractivity contribution >= 4 is 17.2 Å². The highest BCUT2D eigenvalue weighted by Crippen LogP contribution is 2.24. The van der Waals surface area contributed by atoms with E-state index >= 15 is 0 Å². The fourth-order valence-electron chi connectivity index (χ4n) is 3.11. The van der Waals surface area contributed by atoms with Crippen LogP contribution in [0.2, 0.25) is 0 Å². The fourth-order valence-corrected chi connectivity index (χ4v) is 3.80. The van der Waals surface area contributed by atoms with Crippen LogP contribution in [-0.4, -0.2) is 50.2 Å². The zero-order chi connectivity index (χ0) is 18.6. The molecule has 1 fully saturated rings. The molecule has 8 heteroatoms. The molecule has 1 N–H and O–H groups in total. The topological polar surface area (TPSA) is 84.0 Å². The molecule has 0 aliphatic carbocycles. The van der Waals surface area contributed by atoms with Crippen molar-refractivity contribution in [2.75, 3.05) is 13.1 Å². The first-order valence-corrected chi connectivity index (χ1v) is 9.97. The Morgan fingerprint density at radius 1 is 1.41 bits per heavy atom. The summed E-state index contributed by atoms with van der Waals surface area (Å²) in [5.41, 5.74) is 2.37. The number of rotatable bonds is 5. The molecule has 27 heavy (non-hydrogen) atoms. The number of likely N-dealkylation sites (tertiary alicyclic amines) is 1. The van der Waals surface area contributed by atoms with Crippen LogP contribution in [0.15, 0.2) is 36.0 Å². The van der Waals surface area contributed by atoms with Gasteiger partial charge in [0.25, 0.3) is 5.91 Å². The molecule has 0 aromatic carbocycles. The predicted octanol–water partition coefficient (Wildman–Crippen LogP) is 3.17. The van der Waals surface area contributed by atoms with Gasteiger partial charge in [-0.25, -0.2) is 9.97 Å². The molecule has 140 valence electrons. The van der Waals surface area contributed by atoms with E-state index in [0.29, 0.717) is 24.8 Å². The molecule has 0 radical (unpaired) electrons. The summed E-state index contributed by atoms with van der Waals surface area (Å²) in [4.78, 5) is 24.2. The van der Waals surface area contributed by atoms with Gasteiger partial charge in [-0.2, -0.15) is 5.10 Å². The third-order valence-corrected chi connectivity index (χ3v) is 5.51.